The molecule has 3 atom stereocenters. The Hall–Kier alpha value is -0.330. The molecule has 6 heteroatoms. The lowest BCUT2D eigenvalue weighted by molar-refractivity contribution is -0.354. The van der Waals surface area contributed by atoms with Gasteiger partial charge in [-0.1, -0.05) is 20.3 Å². The van der Waals surface area contributed by atoms with Crippen LogP contribution in [0.4, 0.5) is 13.2 Å². The molecule has 0 radical (unpaired) electrons. The van der Waals surface area contributed by atoms with E-state index in [2.05, 4.69) is 0 Å². The van der Waals surface area contributed by atoms with Gasteiger partial charge in [0.05, 0.1) is 6.10 Å². The number of aliphatic hydroxyl groups is 3. The molecule has 0 aliphatic heterocycles. The minimum absolute atomic E-state index is 0.177. The monoisotopic (exact) mass is 258 g/mol. The number of alkyl halides is 3. The second-order valence-electron chi connectivity index (χ2n) is 4.75. The topological polar surface area (TPSA) is 60.7 Å². The van der Waals surface area contributed by atoms with E-state index in [0.29, 0.717) is 12.8 Å². The zero-order valence-corrected chi connectivity index (χ0v) is 10.3. The van der Waals surface area contributed by atoms with Crippen LogP contribution in [-0.4, -0.2) is 33.4 Å². The fourth-order valence-electron chi connectivity index (χ4n) is 1.64. The van der Waals surface area contributed by atoms with Gasteiger partial charge < -0.3 is 15.3 Å². The normalized spacial score (nSPS) is 18.9. The Morgan fingerprint density at radius 2 is 1.59 bits per heavy atom. The fraction of sp³-hybridized carbons (Fsp3) is 1.00. The van der Waals surface area contributed by atoms with Gasteiger partial charge in [0.2, 0.25) is 0 Å². The van der Waals surface area contributed by atoms with Gasteiger partial charge in [-0.15, -0.1) is 0 Å². The molecule has 0 saturated carbocycles. The molecule has 0 aromatic carbocycles. The molecule has 1 unspecified atom stereocenters. The Kier molecular flexibility index (Phi) is 5.90. The largest absolute Gasteiger partial charge is 0.442 e. The first-order valence-corrected chi connectivity index (χ1v) is 5.70. The van der Waals surface area contributed by atoms with Crippen LogP contribution in [0.1, 0.15) is 40.0 Å². The first kappa shape index (κ1) is 16.7. The standard InChI is InChI=1S/C11H21F3O3/c1-4-9(5-7(2)8(3)15)6-10(16,17)11(12,13)14/h7-9,15-17H,4-6H2,1-3H3/t7-,8?,9+/m0/s1. The van der Waals surface area contributed by atoms with E-state index in [9.17, 15) is 18.3 Å². The highest BCUT2D eigenvalue weighted by atomic mass is 19.4. The number of hydrogen-bond donors (Lipinski definition) is 3. The average molecular weight is 258 g/mol. The molecule has 0 fully saturated rings. The quantitative estimate of drug-likeness (QED) is 0.639. The maximum Gasteiger partial charge on any atom is 0.442 e. The molecule has 0 aliphatic rings. The molecule has 0 heterocycles. The van der Waals surface area contributed by atoms with Crippen LogP contribution >= 0.6 is 0 Å². The summed E-state index contributed by atoms with van der Waals surface area (Å²) in [4.78, 5) is 0. The van der Waals surface area contributed by atoms with Gasteiger partial charge in [0.15, 0.2) is 0 Å². The summed E-state index contributed by atoms with van der Waals surface area (Å²) >= 11 is 0. The average Bonchev–Trinajstić information content (AvgIpc) is 2.14. The van der Waals surface area contributed by atoms with Crippen LogP contribution in [0.2, 0.25) is 0 Å². The third-order valence-electron chi connectivity index (χ3n) is 3.13. The first-order valence-electron chi connectivity index (χ1n) is 5.70. The Morgan fingerprint density at radius 3 is 1.88 bits per heavy atom. The van der Waals surface area contributed by atoms with E-state index in [1.807, 2.05) is 0 Å². The minimum atomic E-state index is -5.05. The summed E-state index contributed by atoms with van der Waals surface area (Å²) in [6.07, 6.45) is -5.71. The highest BCUT2D eigenvalue weighted by Gasteiger charge is 2.53. The predicted molar refractivity (Wildman–Crippen MR) is 57.1 cm³/mol. The van der Waals surface area contributed by atoms with Crippen molar-refractivity contribution in [1.29, 1.82) is 0 Å². The van der Waals surface area contributed by atoms with Crippen molar-refractivity contribution < 1.29 is 28.5 Å². The van der Waals surface area contributed by atoms with Crippen LogP contribution in [0.25, 0.3) is 0 Å². The summed E-state index contributed by atoms with van der Waals surface area (Å²) in [5.41, 5.74) is 0. The van der Waals surface area contributed by atoms with Crippen molar-refractivity contribution in [2.75, 3.05) is 0 Å². The molecule has 0 aromatic heterocycles. The van der Waals surface area contributed by atoms with E-state index in [-0.39, 0.29) is 5.92 Å². The Morgan fingerprint density at radius 1 is 1.12 bits per heavy atom. The molecule has 0 aromatic rings. The van der Waals surface area contributed by atoms with Crippen molar-refractivity contribution in [2.45, 2.75) is 58.1 Å². The molecule has 0 bridgehead atoms. The molecule has 104 valence electrons. The van der Waals surface area contributed by atoms with Gasteiger partial charge in [-0.25, -0.2) is 0 Å². The van der Waals surface area contributed by atoms with E-state index in [4.69, 9.17) is 10.2 Å². The Bertz CT molecular complexity index is 226. The molecule has 3 nitrogen and oxygen atoms in total. The van der Waals surface area contributed by atoms with Crippen molar-refractivity contribution in [1.82, 2.24) is 0 Å². The predicted octanol–water partition coefficient (Wildman–Crippen LogP) is 2.05. The second kappa shape index (κ2) is 6.02. The van der Waals surface area contributed by atoms with Crippen molar-refractivity contribution >= 4 is 0 Å². The number of rotatable bonds is 6. The summed E-state index contributed by atoms with van der Waals surface area (Å²) in [5.74, 6) is -4.31. The summed E-state index contributed by atoms with van der Waals surface area (Å²) in [7, 11) is 0. The van der Waals surface area contributed by atoms with E-state index < -0.39 is 30.4 Å². The van der Waals surface area contributed by atoms with Gasteiger partial charge >= 0.3 is 6.18 Å². The van der Waals surface area contributed by atoms with Crippen LogP contribution in [0, 0.1) is 11.8 Å². The third kappa shape index (κ3) is 5.23. The van der Waals surface area contributed by atoms with Crippen molar-refractivity contribution in [3.05, 3.63) is 0 Å². The molecule has 0 saturated heterocycles. The smallest absolute Gasteiger partial charge is 0.393 e. The van der Waals surface area contributed by atoms with Crippen LogP contribution < -0.4 is 0 Å². The summed E-state index contributed by atoms with van der Waals surface area (Å²) in [6, 6.07) is 0. The number of aliphatic hydroxyl groups excluding tert-OH is 1. The maximum atomic E-state index is 12.3. The minimum Gasteiger partial charge on any atom is -0.393 e. The zero-order valence-electron chi connectivity index (χ0n) is 10.3. The van der Waals surface area contributed by atoms with Gasteiger partial charge in [0.1, 0.15) is 0 Å². The SMILES string of the molecule is CC[C@H](C[C@H](C)C(C)O)CC(O)(O)C(F)(F)F. The van der Waals surface area contributed by atoms with E-state index >= 15 is 0 Å². The van der Waals surface area contributed by atoms with Crippen LogP contribution in [0.5, 0.6) is 0 Å². The van der Waals surface area contributed by atoms with Crippen LogP contribution in [0.3, 0.4) is 0 Å². The summed E-state index contributed by atoms with van der Waals surface area (Å²) in [6.45, 7) is 4.97. The highest BCUT2D eigenvalue weighted by molar-refractivity contribution is 4.79. The maximum absolute atomic E-state index is 12.3. The van der Waals surface area contributed by atoms with Gasteiger partial charge in [-0.3, -0.25) is 0 Å². The molecule has 17 heavy (non-hydrogen) atoms. The van der Waals surface area contributed by atoms with E-state index in [1.165, 1.54) is 0 Å². The van der Waals surface area contributed by atoms with Crippen molar-refractivity contribution in [2.24, 2.45) is 11.8 Å². The Balaban J connectivity index is 4.51. The van der Waals surface area contributed by atoms with E-state index in [1.54, 1.807) is 20.8 Å². The lowest BCUT2D eigenvalue weighted by atomic mass is 9.86. The van der Waals surface area contributed by atoms with Crippen molar-refractivity contribution in [3.8, 4) is 0 Å². The Labute approximate surface area is 99.3 Å². The molecule has 0 amide bonds. The fourth-order valence-corrected chi connectivity index (χ4v) is 1.64. The van der Waals surface area contributed by atoms with Gasteiger partial charge in [-0.05, 0) is 25.2 Å². The molecular weight excluding hydrogens is 237 g/mol. The van der Waals surface area contributed by atoms with Crippen LogP contribution in [0.15, 0.2) is 0 Å². The molecule has 0 rings (SSSR count). The summed E-state index contributed by atoms with van der Waals surface area (Å²) in [5, 5.41) is 27.2. The zero-order chi connectivity index (χ0) is 13.9. The molecular formula is C11H21F3O3. The first-order chi connectivity index (χ1) is 7.51. The molecule has 0 spiro atoms. The second-order valence-corrected chi connectivity index (χ2v) is 4.75. The number of hydrogen-bond acceptors (Lipinski definition) is 3. The third-order valence-corrected chi connectivity index (χ3v) is 3.13. The van der Waals surface area contributed by atoms with Gasteiger partial charge in [0, 0.05) is 6.42 Å². The molecule has 0 aliphatic carbocycles. The summed E-state index contributed by atoms with van der Waals surface area (Å²) < 4.78 is 36.8. The lowest BCUT2D eigenvalue weighted by Gasteiger charge is -2.30. The number of halogens is 3. The van der Waals surface area contributed by atoms with Crippen molar-refractivity contribution in [3.63, 3.8) is 0 Å². The van der Waals surface area contributed by atoms with Gasteiger partial charge in [-0.2, -0.15) is 13.2 Å². The van der Waals surface area contributed by atoms with Gasteiger partial charge in [0.25, 0.3) is 5.79 Å². The lowest BCUT2D eigenvalue weighted by Crippen LogP contribution is -2.46. The molecule has 3 N–H and O–H groups in total. The highest BCUT2D eigenvalue weighted by Crippen LogP contribution is 2.36. The van der Waals surface area contributed by atoms with E-state index in [0.717, 1.165) is 0 Å². The van der Waals surface area contributed by atoms with Crippen LogP contribution in [-0.2, 0) is 0 Å².